The molecule has 40 heavy (non-hydrogen) atoms. The van der Waals surface area contributed by atoms with E-state index in [1.54, 1.807) is 20.8 Å². The van der Waals surface area contributed by atoms with Gasteiger partial charge >= 0.3 is 18.4 Å². The Morgan fingerprint density at radius 1 is 0.950 bits per heavy atom. The van der Waals surface area contributed by atoms with Gasteiger partial charge in [0.1, 0.15) is 11.3 Å². The van der Waals surface area contributed by atoms with Crippen LogP contribution in [0.25, 0.3) is 10.8 Å². The summed E-state index contributed by atoms with van der Waals surface area (Å²) < 4.78 is 111. The van der Waals surface area contributed by atoms with Crippen molar-refractivity contribution < 1.29 is 49.1 Å². The zero-order valence-electron chi connectivity index (χ0n) is 21.2. The first-order valence-corrected chi connectivity index (χ1v) is 13.1. The van der Waals surface area contributed by atoms with Crippen LogP contribution in [0.2, 0.25) is 0 Å². The van der Waals surface area contributed by atoms with Crippen molar-refractivity contribution in [2.24, 2.45) is 0 Å². The van der Waals surface area contributed by atoms with E-state index in [1.165, 1.54) is 18.2 Å². The highest BCUT2D eigenvalue weighted by Crippen LogP contribution is 2.51. The quantitative estimate of drug-likeness (QED) is 0.375. The maximum atomic E-state index is 13.4. The predicted molar refractivity (Wildman–Crippen MR) is 130 cm³/mol. The maximum Gasteiger partial charge on any atom is 0.420 e. The summed E-state index contributed by atoms with van der Waals surface area (Å²) in [4.78, 5) is 26.0. The van der Waals surface area contributed by atoms with Crippen molar-refractivity contribution in [3.05, 3.63) is 59.9 Å². The van der Waals surface area contributed by atoms with E-state index in [9.17, 15) is 44.3 Å². The third-order valence-corrected chi connectivity index (χ3v) is 6.72. The van der Waals surface area contributed by atoms with Gasteiger partial charge in [0, 0.05) is 28.9 Å². The predicted octanol–water partition coefficient (Wildman–Crippen LogP) is 5.97. The van der Waals surface area contributed by atoms with Gasteiger partial charge in [-0.3, -0.25) is 4.79 Å². The Hall–Kier alpha value is -4.06. The van der Waals surface area contributed by atoms with Crippen molar-refractivity contribution >= 4 is 38.3 Å². The van der Waals surface area contributed by atoms with Gasteiger partial charge in [-0.2, -0.15) is 31.6 Å². The van der Waals surface area contributed by atoms with Crippen molar-refractivity contribution in [2.45, 2.75) is 49.0 Å². The van der Waals surface area contributed by atoms with Crippen molar-refractivity contribution in [2.75, 3.05) is 11.6 Å². The molecule has 1 heterocycles. The summed E-state index contributed by atoms with van der Waals surface area (Å²) in [5.41, 5.74) is -7.82. The van der Waals surface area contributed by atoms with E-state index in [0.717, 1.165) is 29.2 Å². The molecule has 0 aliphatic heterocycles. The molecule has 3 aromatic rings. The van der Waals surface area contributed by atoms with E-state index in [0.29, 0.717) is 18.2 Å². The summed E-state index contributed by atoms with van der Waals surface area (Å²) in [6.45, 7) is 4.67. The van der Waals surface area contributed by atoms with Crippen LogP contribution in [-0.4, -0.2) is 49.2 Å². The number of nitriles is 1. The van der Waals surface area contributed by atoms with Crippen LogP contribution in [-0.2, 0) is 20.0 Å². The van der Waals surface area contributed by atoms with Crippen molar-refractivity contribution in [1.82, 2.24) is 4.57 Å². The van der Waals surface area contributed by atoms with Crippen molar-refractivity contribution in [1.29, 1.82) is 5.26 Å². The monoisotopic (exact) mass is 589 g/mol. The molecule has 0 unspecified atom stereocenters. The van der Waals surface area contributed by atoms with Crippen LogP contribution in [0.5, 0.6) is 0 Å². The highest BCUT2D eigenvalue weighted by Gasteiger charge is 2.72. The number of rotatable bonds is 4. The van der Waals surface area contributed by atoms with E-state index >= 15 is 0 Å². The molecule has 0 spiro atoms. The lowest BCUT2D eigenvalue weighted by molar-refractivity contribution is -0.283. The molecule has 8 nitrogen and oxygen atoms in total. The van der Waals surface area contributed by atoms with Crippen LogP contribution >= 0.6 is 0 Å². The molecule has 15 heteroatoms. The molecular formula is C25H21F6N3O5S. The molecule has 1 N–H and O–H groups in total. The second-order valence-electron chi connectivity index (χ2n) is 9.74. The number of carbonyl (C=O) groups is 2. The summed E-state index contributed by atoms with van der Waals surface area (Å²) in [5.74, 6) is -1.01. The number of nitrogens with one attached hydrogen (secondary N) is 1. The second kappa shape index (κ2) is 9.84. The smallest absolute Gasteiger partial charge is 0.420 e. The number of sulfone groups is 1. The summed E-state index contributed by atoms with van der Waals surface area (Å²) in [6.07, 6.45) is -10.9. The minimum Gasteiger partial charge on any atom is -0.443 e. The van der Waals surface area contributed by atoms with E-state index in [4.69, 9.17) is 10.00 Å². The van der Waals surface area contributed by atoms with Crippen LogP contribution in [0, 0.1) is 11.3 Å². The fraction of sp³-hybridized carbons (Fsp3) is 0.320. The number of nitrogens with zero attached hydrogens (tertiary/aromatic N) is 2. The molecule has 0 aliphatic carbocycles. The molecular weight excluding hydrogens is 568 g/mol. The Bertz CT molecular complexity index is 1610. The van der Waals surface area contributed by atoms with Crippen molar-refractivity contribution in [3.8, 4) is 6.07 Å². The Kier molecular flexibility index (Phi) is 7.50. The van der Waals surface area contributed by atoms with Gasteiger partial charge in [0.25, 0.3) is 11.3 Å². The van der Waals surface area contributed by atoms with Gasteiger partial charge in [-0.15, -0.1) is 0 Å². The number of benzene rings is 2. The van der Waals surface area contributed by atoms with Gasteiger partial charge in [0.15, 0.2) is 9.84 Å². The van der Waals surface area contributed by atoms with Gasteiger partial charge in [0.2, 0.25) is 0 Å². The molecule has 0 saturated heterocycles. The standard InChI is InChI=1S/C25H21F6N3O5S/c1-22(2,3)39-21(36)34-12-14-11-17(40(4,37)38)9-10-18(14)19(34)20(35)33-16-7-5-15(6-8-16)23(13-32,24(26,27)28)25(29,30)31/h5-12H,1-4H3,(H,33,35). The van der Waals surface area contributed by atoms with Crippen LogP contribution < -0.4 is 5.32 Å². The molecule has 0 radical (unpaired) electrons. The molecule has 1 aromatic heterocycles. The fourth-order valence-electron chi connectivity index (χ4n) is 3.79. The van der Waals surface area contributed by atoms with Crippen LogP contribution in [0.1, 0.15) is 36.8 Å². The lowest BCUT2D eigenvalue weighted by atomic mass is 9.80. The van der Waals surface area contributed by atoms with Gasteiger partial charge in [-0.25, -0.2) is 17.8 Å². The highest BCUT2D eigenvalue weighted by molar-refractivity contribution is 7.90. The summed E-state index contributed by atoms with van der Waals surface area (Å²) in [5, 5.41) is 11.5. The van der Waals surface area contributed by atoms with E-state index in [1.807, 2.05) is 0 Å². The largest absolute Gasteiger partial charge is 0.443 e. The Morgan fingerprint density at radius 2 is 1.50 bits per heavy atom. The first-order valence-electron chi connectivity index (χ1n) is 11.2. The van der Waals surface area contributed by atoms with E-state index < -0.39 is 50.8 Å². The number of ether oxygens (including phenoxy) is 1. The first-order chi connectivity index (χ1) is 18.1. The number of hydrogen-bond donors (Lipinski definition) is 1. The number of fused-ring (bicyclic) bond motifs is 1. The Balaban J connectivity index is 2.08. The lowest BCUT2D eigenvalue weighted by Crippen LogP contribution is -2.52. The topological polar surface area (TPSA) is 118 Å². The van der Waals surface area contributed by atoms with Crippen LogP contribution in [0.3, 0.4) is 0 Å². The van der Waals surface area contributed by atoms with Crippen molar-refractivity contribution in [3.63, 3.8) is 0 Å². The number of alkyl halides is 6. The fourth-order valence-corrected chi connectivity index (χ4v) is 4.44. The SMILES string of the molecule is CC(C)(C)OC(=O)n1cc2cc(S(C)(=O)=O)ccc2c1C(=O)Nc1ccc(C(C#N)(C(F)(F)F)C(F)(F)F)cc1. The Morgan fingerprint density at radius 3 is 1.95 bits per heavy atom. The average molecular weight is 590 g/mol. The second-order valence-corrected chi connectivity index (χ2v) is 11.8. The Labute approximate surface area is 224 Å². The van der Waals surface area contributed by atoms with Gasteiger partial charge in [-0.1, -0.05) is 18.2 Å². The molecule has 0 aliphatic rings. The van der Waals surface area contributed by atoms with Crippen LogP contribution in [0.15, 0.2) is 53.6 Å². The molecule has 3 rings (SSSR count). The summed E-state index contributed by atoms with van der Waals surface area (Å²) >= 11 is 0. The number of halogens is 6. The molecule has 0 fully saturated rings. The first kappa shape index (κ1) is 30.5. The number of amides is 1. The maximum absolute atomic E-state index is 13.4. The normalized spacial score (nSPS) is 13.1. The zero-order chi connectivity index (χ0) is 30.5. The molecule has 2 aromatic carbocycles. The highest BCUT2D eigenvalue weighted by atomic mass is 32.2. The van der Waals surface area contributed by atoms with Gasteiger partial charge in [-0.05, 0) is 50.6 Å². The zero-order valence-corrected chi connectivity index (χ0v) is 22.0. The van der Waals surface area contributed by atoms with E-state index in [2.05, 4.69) is 5.32 Å². The molecule has 0 bridgehead atoms. The summed E-state index contributed by atoms with van der Waals surface area (Å²) in [7, 11) is -3.66. The molecule has 0 atom stereocenters. The molecule has 214 valence electrons. The number of carbonyl (C=O) groups excluding carboxylic acids is 2. The minimum atomic E-state index is -6.00. The van der Waals surface area contributed by atoms with E-state index in [-0.39, 0.29) is 27.0 Å². The van der Waals surface area contributed by atoms with Gasteiger partial charge in [0.05, 0.1) is 11.0 Å². The molecule has 0 saturated carbocycles. The molecule has 1 amide bonds. The number of aromatic nitrogens is 1. The third-order valence-electron chi connectivity index (χ3n) is 5.61. The number of hydrogen-bond acceptors (Lipinski definition) is 6. The minimum absolute atomic E-state index is 0.102. The van der Waals surface area contributed by atoms with Crippen LogP contribution in [0.4, 0.5) is 36.8 Å². The summed E-state index contributed by atoms with van der Waals surface area (Å²) in [6, 6.07) is 6.29. The van der Waals surface area contributed by atoms with Gasteiger partial charge < -0.3 is 10.1 Å². The number of anilines is 1. The third kappa shape index (κ3) is 5.62. The lowest BCUT2D eigenvalue weighted by Gasteiger charge is -2.31. The average Bonchev–Trinajstić information content (AvgIpc) is 3.16.